The minimum Gasteiger partial charge on any atom is -0.496 e. The minimum absolute atomic E-state index is 0.0712. The Kier molecular flexibility index (Phi) is 6.66. The van der Waals surface area contributed by atoms with Crippen LogP contribution in [0.4, 0.5) is 0 Å². The van der Waals surface area contributed by atoms with Gasteiger partial charge in [0.15, 0.2) is 0 Å². The van der Waals surface area contributed by atoms with Crippen molar-refractivity contribution in [2.75, 3.05) is 33.9 Å². The zero-order chi connectivity index (χ0) is 23.0. The molecule has 10 heteroatoms. The van der Waals surface area contributed by atoms with Crippen LogP contribution in [0.2, 0.25) is 0 Å². The Morgan fingerprint density at radius 1 is 0.806 bits per heavy atom. The number of sulfonamides is 2. The third-order valence-electron chi connectivity index (χ3n) is 5.51. The summed E-state index contributed by atoms with van der Waals surface area (Å²) in [6, 6.07) is 8.89. The maximum absolute atomic E-state index is 13.2. The average molecular weight is 469 g/mol. The second kappa shape index (κ2) is 8.78. The van der Waals surface area contributed by atoms with Gasteiger partial charge < -0.3 is 9.47 Å². The van der Waals surface area contributed by atoms with Crippen LogP contribution in [0.15, 0.2) is 46.2 Å². The van der Waals surface area contributed by atoms with Gasteiger partial charge in [-0.3, -0.25) is 0 Å². The standard InChI is InChI=1S/C21H28N2O6S2/c1-15-12-18(6-8-20(15)28-4)30(24,25)22-10-11-23(17(3)14-22)31(26,27)19-7-9-21(29-5)16(2)13-19/h6-9,12-13,17H,10-11,14H2,1-5H3. The van der Waals surface area contributed by atoms with E-state index in [9.17, 15) is 16.8 Å². The van der Waals surface area contributed by atoms with Gasteiger partial charge in [-0.05, 0) is 68.3 Å². The van der Waals surface area contributed by atoms with Crippen LogP contribution in [0.5, 0.6) is 11.5 Å². The van der Waals surface area contributed by atoms with Crippen LogP contribution in [0, 0.1) is 13.8 Å². The van der Waals surface area contributed by atoms with E-state index < -0.39 is 26.1 Å². The maximum atomic E-state index is 13.2. The molecule has 0 N–H and O–H groups in total. The normalized spacial score (nSPS) is 18.7. The number of nitrogens with zero attached hydrogens (tertiary/aromatic N) is 2. The number of methoxy groups -OCH3 is 2. The predicted octanol–water partition coefficient (Wildman–Crippen LogP) is 2.40. The second-order valence-electron chi connectivity index (χ2n) is 7.59. The van der Waals surface area contributed by atoms with E-state index in [-0.39, 0.29) is 29.4 Å². The van der Waals surface area contributed by atoms with Crippen molar-refractivity contribution in [2.45, 2.75) is 36.6 Å². The monoisotopic (exact) mass is 468 g/mol. The first-order valence-electron chi connectivity index (χ1n) is 9.83. The van der Waals surface area contributed by atoms with E-state index in [1.54, 1.807) is 45.0 Å². The minimum atomic E-state index is -3.77. The van der Waals surface area contributed by atoms with Crippen molar-refractivity contribution < 1.29 is 26.3 Å². The Morgan fingerprint density at radius 3 is 1.71 bits per heavy atom. The average Bonchev–Trinajstić information content (AvgIpc) is 2.73. The Hall–Kier alpha value is -2.14. The summed E-state index contributed by atoms with van der Waals surface area (Å²) in [7, 11) is -4.46. The van der Waals surface area contributed by atoms with Gasteiger partial charge >= 0.3 is 0 Å². The third-order valence-corrected chi connectivity index (χ3v) is 9.38. The molecular formula is C21H28N2O6S2. The van der Waals surface area contributed by atoms with Crippen LogP contribution in [0.1, 0.15) is 18.1 Å². The zero-order valence-corrected chi connectivity index (χ0v) is 20.0. The van der Waals surface area contributed by atoms with Gasteiger partial charge in [-0.25, -0.2) is 16.8 Å². The largest absolute Gasteiger partial charge is 0.496 e. The van der Waals surface area contributed by atoms with E-state index in [0.717, 1.165) is 0 Å². The van der Waals surface area contributed by atoms with Crippen LogP contribution in [0.25, 0.3) is 0 Å². The summed E-state index contributed by atoms with van der Waals surface area (Å²) in [6.07, 6.45) is 0. The molecule has 1 heterocycles. The van der Waals surface area contributed by atoms with E-state index in [4.69, 9.17) is 9.47 Å². The maximum Gasteiger partial charge on any atom is 0.243 e. The molecule has 1 aliphatic heterocycles. The highest BCUT2D eigenvalue weighted by molar-refractivity contribution is 7.89. The molecule has 2 aromatic rings. The molecule has 1 saturated heterocycles. The van der Waals surface area contributed by atoms with Crippen molar-refractivity contribution in [3.8, 4) is 11.5 Å². The SMILES string of the molecule is COc1ccc(S(=O)(=O)N2CCN(S(=O)(=O)c3ccc(OC)c(C)c3)C(C)C2)cc1C. The first kappa shape index (κ1) is 23.5. The molecule has 170 valence electrons. The highest BCUT2D eigenvalue weighted by atomic mass is 32.2. The molecule has 3 rings (SSSR count). The van der Waals surface area contributed by atoms with Crippen molar-refractivity contribution in [3.05, 3.63) is 47.5 Å². The molecule has 1 fully saturated rings. The number of benzene rings is 2. The summed E-state index contributed by atoms with van der Waals surface area (Å²) in [6.45, 7) is 5.50. The van der Waals surface area contributed by atoms with E-state index in [2.05, 4.69) is 0 Å². The molecule has 0 aliphatic carbocycles. The lowest BCUT2D eigenvalue weighted by atomic mass is 10.2. The summed E-state index contributed by atoms with van der Waals surface area (Å²) in [5.74, 6) is 1.22. The van der Waals surface area contributed by atoms with Crippen LogP contribution < -0.4 is 9.47 Å². The highest BCUT2D eigenvalue weighted by Crippen LogP contribution is 2.29. The second-order valence-corrected chi connectivity index (χ2v) is 11.4. The molecule has 0 saturated carbocycles. The van der Waals surface area contributed by atoms with Crippen LogP contribution in [-0.2, 0) is 20.0 Å². The Balaban J connectivity index is 1.83. The van der Waals surface area contributed by atoms with Crippen molar-refractivity contribution >= 4 is 20.0 Å². The van der Waals surface area contributed by atoms with E-state index in [0.29, 0.717) is 22.6 Å². The highest BCUT2D eigenvalue weighted by Gasteiger charge is 2.38. The molecular weight excluding hydrogens is 440 g/mol. The Bertz CT molecular complexity index is 1180. The third kappa shape index (κ3) is 4.43. The lowest BCUT2D eigenvalue weighted by molar-refractivity contribution is 0.212. The molecule has 0 spiro atoms. The fourth-order valence-electron chi connectivity index (χ4n) is 3.79. The van der Waals surface area contributed by atoms with E-state index >= 15 is 0 Å². The fraction of sp³-hybridized carbons (Fsp3) is 0.429. The molecule has 1 aliphatic rings. The summed E-state index contributed by atoms with van der Waals surface area (Å²) in [5.41, 5.74) is 1.43. The van der Waals surface area contributed by atoms with Crippen LogP contribution in [-0.4, -0.2) is 65.3 Å². The van der Waals surface area contributed by atoms with Crippen molar-refractivity contribution in [2.24, 2.45) is 0 Å². The number of hydrogen-bond acceptors (Lipinski definition) is 6. The number of rotatable bonds is 6. The number of hydrogen-bond donors (Lipinski definition) is 0. The van der Waals surface area contributed by atoms with Gasteiger partial charge in [-0.1, -0.05) is 0 Å². The topological polar surface area (TPSA) is 93.2 Å². The Morgan fingerprint density at radius 2 is 1.29 bits per heavy atom. The molecule has 0 aromatic heterocycles. The van der Waals surface area contributed by atoms with E-state index in [1.165, 1.54) is 35.0 Å². The Labute approximate surface area is 184 Å². The first-order valence-corrected chi connectivity index (χ1v) is 12.7. The number of ether oxygens (including phenoxy) is 2. The quantitative estimate of drug-likeness (QED) is 0.646. The van der Waals surface area contributed by atoms with Gasteiger partial charge in [-0.2, -0.15) is 8.61 Å². The molecule has 1 unspecified atom stereocenters. The van der Waals surface area contributed by atoms with Gasteiger partial charge in [0.1, 0.15) is 11.5 Å². The summed E-state index contributed by atoms with van der Waals surface area (Å²) < 4.78 is 65.8. The van der Waals surface area contributed by atoms with Crippen molar-refractivity contribution in [1.82, 2.24) is 8.61 Å². The molecule has 31 heavy (non-hydrogen) atoms. The summed E-state index contributed by atoms with van der Waals surface area (Å²) in [5, 5.41) is 0. The van der Waals surface area contributed by atoms with Crippen molar-refractivity contribution in [3.63, 3.8) is 0 Å². The van der Waals surface area contributed by atoms with E-state index in [1.807, 2.05) is 0 Å². The first-order chi connectivity index (χ1) is 14.5. The van der Waals surface area contributed by atoms with Crippen LogP contribution in [0.3, 0.4) is 0 Å². The smallest absolute Gasteiger partial charge is 0.243 e. The lowest BCUT2D eigenvalue weighted by Crippen LogP contribution is -2.55. The van der Waals surface area contributed by atoms with Crippen molar-refractivity contribution in [1.29, 1.82) is 0 Å². The zero-order valence-electron chi connectivity index (χ0n) is 18.3. The molecule has 2 aromatic carbocycles. The van der Waals surface area contributed by atoms with Gasteiger partial charge in [-0.15, -0.1) is 0 Å². The van der Waals surface area contributed by atoms with Gasteiger partial charge in [0.2, 0.25) is 20.0 Å². The fourth-order valence-corrected chi connectivity index (χ4v) is 7.09. The summed E-state index contributed by atoms with van der Waals surface area (Å²) >= 11 is 0. The van der Waals surface area contributed by atoms with Gasteiger partial charge in [0.05, 0.1) is 24.0 Å². The molecule has 0 amide bonds. The van der Waals surface area contributed by atoms with Crippen LogP contribution >= 0.6 is 0 Å². The number of aryl methyl sites for hydroxylation is 2. The molecule has 1 atom stereocenters. The van der Waals surface area contributed by atoms with Gasteiger partial charge in [0.25, 0.3) is 0 Å². The summed E-state index contributed by atoms with van der Waals surface area (Å²) in [4.78, 5) is 0.333. The number of piperazine rings is 1. The molecule has 0 radical (unpaired) electrons. The van der Waals surface area contributed by atoms with Gasteiger partial charge in [0, 0.05) is 25.7 Å². The molecule has 8 nitrogen and oxygen atoms in total. The molecule has 0 bridgehead atoms. The predicted molar refractivity (Wildman–Crippen MR) is 118 cm³/mol. The lowest BCUT2D eigenvalue weighted by Gasteiger charge is -2.38.